The van der Waals surface area contributed by atoms with Crippen LogP contribution >= 0.6 is 0 Å². The summed E-state index contributed by atoms with van der Waals surface area (Å²) in [5, 5.41) is 3.20. The van der Waals surface area contributed by atoms with Crippen molar-refractivity contribution in [3.63, 3.8) is 0 Å². The highest BCUT2D eigenvalue weighted by molar-refractivity contribution is 5.90. The highest BCUT2D eigenvalue weighted by Gasteiger charge is 2.22. The van der Waals surface area contributed by atoms with Gasteiger partial charge in [0, 0.05) is 25.2 Å². The van der Waals surface area contributed by atoms with Crippen molar-refractivity contribution in [2.45, 2.75) is 78.2 Å². The van der Waals surface area contributed by atoms with Gasteiger partial charge in [-0.05, 0) is 51.2 Å². The van der Waals surface area contributed by atoms with E-state index < -0.39 is 0 Å². The monoisotopic (exact) mass is 348 g/mol. The number of aromatic nitrogens is 1. The number of nitrogens with one attached hydrogen (secondary N) is 1. The second kappa shape index (κ2) is 9.07. The molecule has 1 saturated carbocycles. The van der Waals surface area contributed by atoms with E-state index in [9.17, 15) is 9.59 Å². The van der Waals surface area contributed by atoms with Crippen LogP contribution in [0.1, 0.15) is 79.2 Å². The standard InChI is InChI=1S/C20H32N2O3/c1-5-25-20(24)19-14(2)17(15(3)22(19)4)12-13-18(23)21-16-10-8-6-7-9-11-16/h16H,5-13H2,1-4H3,(H,21,23). The maximum atomic E-state index is 12.3. The second-order valence-electron chi connectivity index (χ2n) is 7.07. The summed E-state index contributed by atoms with van der Waals surface area (Å²) >= 11 is 0. The van der Waals surface area contributed by atoms with Crippen molar-refractivity contribution < 1.29 is 14.3 Å². The number of hydrogen-bond donors (Lipinski definition) is 1. The summed E-state index contributed by atoms with van der Waals surface area (Å²) < 4.78 is 7.04. The molecule has 0 aromatic carbocycles. The number of amides is 1. The first kappa shape index (κ1) is 19.5. The summed E-state index contributed by atoms with van der Waals surface area (Å²) in [5.41, 5.74) is 3.64. The van der Waals surface area contributed by atoms with E-state index in [1.165, 1.54) is 25.7 Å². The summed E-state index contributed by atoms with van der Waals surface area (Å²) in [5.74, 6) is -0.174. The Labute approximate surface area is 151 Å². The van der Waals surface area contributed by atoms with Crippen molar-refractivity contribution in [1.29, 1.82) is 0 Å². The molecular formula is C20H32N2O3. The lowest BCUT2D eigenvalue weighted by molar-refractivity contribution is -0.121. The molecule has 1 N–H and O–H groups in total. The van der Waals surface area contributed by atoms with Crippen LogP contribution in [-0.2, 0) is 23.0 Å². The molecule has 1 aromatic rings. The Morgan fingerprint density at radius 2 is 1.80 bits per heavy atom. The molecule has 0 saturated heterocycles. The highest BCUT2D eigenvalue weighted by atomic mass is 16.5. The van der Waals surface area contributed by atoms with Crippen molar-refractivity contribution >= 4 is 11.9 Å². The number of nitrogens with zero attached hydrogens (tertiary/aromatic N) is 1. The average molecular weight is 348 g/mol. The molecule has 1 aromatic heterocycles. The van der Waals surface area contributed by atoms with Gasteiger partial charge in [0.2, 0.25) is 5.91 Å². The molecule has 0 radical (unpaired) electrons. The van der Waals surface area contributed by atoms with Gasteiger partial charge >= 0.3 is 5.97 Å². The van der Waals surface area contributed by atoms with Gasteiger partial charge in [-0.3, -0.25) is 4.79 Å². The predicted octanol–water partition coefficient (Wildman–Crippen LogP) is 3.59. The molecular weight excluding hydrogens is 316 g/mol. The minimum absolute atomic E-state index is 0.118. The molecule has 1 aliphatic rings. The van der Waals surface area contributed by atoms with E-state index in [-0.39, 0.29) is 11.9 Å². The molecule has 0 bridgehead atoms. The minimum Gasteiger partial charge on any atom is -0.461 e. The molecule has 0 aliphatic heterocycles. The average Bonchev–Trinajstić information content (AvgIpc) is 2.76. The van der Waals surface area contributed by atoms with Crippen LogP contribution in [0.25, 0.3) is 0 Å². The van der Waals surface area contributed by atoms with Crippen LogP contribution in [0.15, 0.2) is 0 Å². The van der Waals surface area contributed by atoms with Gasteiger partial charge in [-0.15, -0.1) is 0 Å². The molecule has 2 rings (SSSR count). The van der Waals surface area contributed by atoms with Crippen molar-refractivity contribution in [1.82, 2.24) is 9.88 Å². The van der Waals surface area contributed by atoms with Gasteiger partial charge in [0.05, 0.1) is 6.61 Å². The zero-order valence-electron chi connectivity index (χ0n) is 16.1. The van der Waals surface area contributed by atoms with Crippen LogP contribution in [0, 0.1) is 13.8 Å². The van der Waals surface area contributed by atoms with E-state index in [0.717, 1.165) is 29.7 Å². The number of esters is 1. The highest BCUT2D eigenvalue weighted by Crippen LogP contribution is 2.23. The molecule has 1 aliphatic carbocycles. The van der Waals surface area contributed by atoms with Gasteiger partial charge in [-0.2, -0.15) is 0 Å². The Balaban J connectivity index is 1.99. The van der Waals surface area contributed by atoms with Crippen LogP contribution in [-0.4, -0.2) is 29.1 Å². The third-order valence-electron chi connectivity index (χ3n) is 5.37. The zero-order valence-corrected chi connectivity index (χ0v) is 16.1. The van der Waals surface area contributed by atoms with Crippen molar-refractivity contribution in [2.75, 3.05) is 6.61 Å². The first-order valence-electron chi connectivity index (χ1n) is 9.56. The molecule has 0 atom stereocenters. The van der Waals surface area contributed by atoms with Crippen LogP contribution in [0.5, 0.6) is 0 Å². The molecule has 0 unspecified atom stereocenters. The summed E-state index contributed by atoms with van der Waals surface area (Å²) in [7, 11) is 1.88. The number of rotatable bonds is 6. The van der Waals surface area contributed by atoms with Gasteiger partial charge in [-0.1, -0.05) is 25.7 Å². The van der Waals surface area contributed by atoms with Crippen molar-refractivity contribution in [3.8, 4) is 0 Å². The van der Waals surface area contributed by atoms with Gasteiger partial charge in [-0.25, -0.2) is 4.79 Å². The maximum Gasteiger partial charge on any atom is 0.355 e. The van der Waals surface area contributed by atoms with E-state index >= 15 is 0 Å². The number of carbonyl (C=O) groups is 2. The second-order valence-corrected chi connectivity index (χ2v) is 7.07. The molecule has 1 amide bonds. The minimum atomic E-state index is -0.292. The van der Waals surface area contributed by atoms with Gasteiger partial charge in [0.1, 0.15) is 5.69 Å². The van der Waals surface area contributed by atoms with Crippen LogP contribution in [0.4, 0.5) is 0 Å². The Morgan fingerprint density at radius 1 is 1.16 bits per heavy atom. The molecule has 1 heterocycles. The Kier molecular flexibility index (Phi) is 7.09. The SMILES string of the molecule is CCOC(=O)c1c(C)c(CCC(=O)NC2CCCCCC2)c(C)n1C. The third-order valence-corrected chi connectivity index (χ3v) is 5.37. The lowest BCUT2D eigenvalue weighted by Gasteiger charge is -2.16. The summed E-state index contributed by atoms with van der Waals surface area (Å²) in [4.78, 5) is 24.5. The summed E-state index contributed by atoms with van der Waals surface area (Å²) in [6.07, 6.45) is 8.31. The first-order valence-corrected chi connectivity index (χ1v) is 9.56. The van der Waals surface area contributed by atoms with Gasteiger partial charge in [0.15, 0.2) is 0 Å². The smallest absolute Gasteiger partial charge is 0.355 e. The Hall–Kier alpha value is -1.78. The van der Waals surface area contributed by atoms with Gasteiger partial charge in [0.25, 0.3) is 0 Å². The van der Waals surface area contributed by atoms with Crippen LogP contribution < -0.4 is 5.32 Å². The maximum absolute atomic E-state index is 12.3. The Morgan fingerprint density at radius 3 is 2.40 bits per heavy atom. The fraction of sp³-hybridized carbons (Fsp3) is 0.700. The van der Waals surface area contributed by atoms with E-state index in [1.54, 1.807) is 0 Å². The molecule has 0 spiro atoms. The topological polar surface area (TPSA) is 60.3 Å². The zero-order chi connectivity index (χ0) is 18.4. The summed E-state index contributed by atoms with van der Waals surface area (Å²) in [6.45, 7) is 6.11. The van der Waals surface area contributed by atoms with Crippen LogP contribution in [0.2, 0.25) is 0 Å². The largest absolute Gasteiger partial charge is 0.461 e. The number of carbonyl (C=O) groups excluding carboxylic acids is 2. The lowest BCUT2D eigenvalue weighted by atomic mass is 10.0. The van der Waals surface area contributed by atoms with E-state index in [4.69, 9.17) is 4.74 Å². The molecule has 5 nitrogen and oxygen atoms in total. The molecule has 5 heteroatoms. The lowest BCUT2D eigenvalue weighted by Crippen LogP contribution is -2.34. The van der Waals surface area contributed by atoms with Crippen LogP contribution in [0.3, 0.4) is 0 Å². The third kappa shape index (κ3) is 4.86. The number of ether oxygens (including phenoxy) is 1. The normalized spacial score (nSPS) is 15.7. The van der Waals surface area contributed by atoms with E-state index in [1.807, 2.05) is 32.4 Å². The van der Waals surface area contributed by atoms with E-state index in [0.29, 0.717) is 31.2 Å². The van der Waals surface area contributed by atoms with Gasteiger partial charge < -0.3 is 14.6 Å². The Bertz CT molecular complexity index is 611. The van der Waals surface area contributed by atoms with E-state index in [2.05, 4.69) is 5.32 Å². The first-order chi connectivity index (χ1) is 12.0. The quantitative estimate of drug-likeness (QED) is 0.631. The van der Waals surface area contributed by atoms with Crippen molar-refractivity contribution in [3.05, 3.63) is 22.5 Å². The molecule has 25 heavy (non-hydrogen) atoms. The fourth-order valence-electron chi connectivity index (χ4n) is 3.86. The predicted molar refractivity (Wildman–Crippen MR) is 98.8 cm³/mol. The molecule has 140 valence electrons. The summed E-state index contributed by atoms with van der Waals surface area (Å²) in [6, 6.07) is 0.336. The molecule has 1 fully saturated rings. The number of hydrogen-bond acceptors (Lipinski definition) is 3. The van der Waals surface area contributed by atoms with Crippen molar-refractivity contribution in [2.24, 2.45) is 7.05 Å². The fourth-order valence-corrected chi connectivity index (χ4v) is 3.86.